The molecule has 0 aliphatic rings. The van der Waals surface area contributed by atoms with Crippen molar-refractivity contribution >= 4 is 5.69 Å². The fourth-order valence-electron chi connectivity index (χ4n) is 1.44. The van der Waals surface area contributed by atoms with Crippen molar-refractivity contribution in [3.8, 4) is 5.75 Å². The van der Waals surface area contributed by atoms with Crippen LogP contribution in [-0.2, 0) is 0 Å². The Morgan fingerprint density at radius 3 is 2.36 bits per heavy atom. The summed E-state index contributed by atoms with van der Waals surface area (Å²) in [5.41, 5.74) is 8.40. The van der Waals surface area contributed by atoms with E-state index in [0.717, 1.165) is 22.6 Å². The number of hydrogen-bond acceptors (Lipinski definition) is 2. The average Bonchev–Trinajstić information content (AvgIpc) is 2.09. The largest absolute Gasteiger partial charge is 0.493 e. The predicted molar refractivity (Wildman–Crippen MR) is 56.4 cm³/mol. The molecule has 2 N–H and O–H groups in total. The highest BCUT2D eigenvalue weighted by atomic mass is 19.1. The van der Waals surface area contributed by atoms with Crippen LogP contribution in [0.1, 0.15) is 17.5 Å². The van der Waals surface area contributed by atoms with Crippen molar-refractivity contribution in [2.75, 3.05) is 19.0 Å². The summed E-state index contributed by atoms with van der Waals surface area (Å²) in [7, 11) is 0. The third kappa shape index (κ3) is 2.62. The summed E-state index contributed by atoms with van der Waals surface area (Å²) in [5, 5.41) is 0. The summed E-state index contributed by atoms with van der Waals surface area (Å²) in [6, 6.07) is 3.72. The van der Waals surface area contributed by atoms with Gasteiger partial charge in [-0.05, 0) is 37.1 Å². The van der Waals surface area contributed by atoms with Gasteiger partial charge in [-0.2, -0.15) is 0 Å². The molecule has 0 aliphatic heterocycles. The van der Waals surface area contributed by atoms with Crippen LogP contribution in [0.15, 0.2) is 12.1 Å². The Hall–Kier alpha value is -1.25. The zero-order valence-electron chi connectivity index (χ0n) is 8.64. The summed E-state index contributed by atoms with van der Waals surface area (Å²) in [4.78, 5) is 0. The molecule has 14 heavy (non-hydrogen) atoms. The minimum Gasteiger partial charge on any atom is -0.493 e. The first kappa shape index (κ1) is 10.8. The molecule has 3 heteroatoms. The van der Waals surface area contributed by atoms with E-state index >= 15 is 0 Å². The van der Waals surface area contributed by atoms with Crippen LogP contribution >= 0.6 is 0 Å². The molecule has 0 heterocycles. The Kier molecular flexibility index (Phi) is 3.74. The Balaban J connectivity index is 2.75. The molecule has 0 saturated heterocycles. The van der Waals surface area contributed by atoms with Crippen molar-refractivity contribution in [2.45, 2.75) is 20.3 Å². The van der Waals surface area contributed by atoms with Gasteiger partial charge in [-0.3, -0.25) is 4.39 Å². The number of halogens is 1. The second-order valence-corrected chi connectivity index (χ2v) is 3.37. The number of nitrogens with two attached hydrogens (primary N) is 1. The van der Waals surface area contributed by atoms with E-state index in [-0.39, 0.29) is 6.67 Å². The average molecular weight is 197 g/mol. The van der Waals surface area contributed by atoms with E-state index in [1.807, 2.05) is 26.0 Å². The molecule has 2 nitrogen and oxygen atoms in total. The zero-order chi connectivity index (χ0) is 10.6. The van der Waals surface area contributed by atoms with Gasteiger partial charge in [0.15, 0.2) is 0 Å². The second kappa shape index (κ2) is 4.84. The fourth-order valence-corrected chi connectivity index (χ4v) is 1.44. The van der Waals surface area contributed by atoms with Crippen LogP contribution in [0.5, 0.6) is 5.75 Å². The van der Waals surface area contributed by atoms with E-state index in [2.05, 4.69) is 0 Å². The summed E-state index contributed by atoms with van der Waals surface area (Å²) < 4.78 is 17.3. The van der Waals surface area contributed by atoms with Crippen LogP contribution in [0.2, 0.25) is 0 Å². The summed E-state index contributed by atoms with van der Waals surface area (Å²) in [6.45, 7) is 3.96. The SMILES string of the molecule is Cc1cc(N)cc(C)c1OCCCF. The standard InChI is InChI=1S/C11H16FNO/c1-8-6-10(13)7-9(2)11(8)14-5-3-4-12/h6-7H,3-5,13H2,1-2H3. The van der Waals surface area contributed by atoms with E-state index in [1.54, 1.807) is 0 Å². The first-order chi connectivity index (χ1) is 6.65. The number of anilines is 1. The van der Waals surface area contributed by atoms with Gasteiger partial charge >= 0.3 is 0 Å². The highest BCUT2D eigenvalue weighted by Crippen LogP contribution is 2.25. The first-order valence-electron chi connectivity index (χ1n) is 4.70. The fraction of sp³-hybridized carbons (Fsp3) is 0.455. The van der Waals surface area contributed by atoms with Gasteiger partial charge in [-0.25, -0.2) is 0 Å². The number of hydrogen-bond donors (Lipinski definition) is 1. The molecule has 0 amide bonds. The lowest BCUT2D eigenvalue weighted by atomic mass is 10.1. The molecule has 1 aromatic carbocycles. The van der Waals surface area contributed by atoms with Crippen LogP contribution in [0.25, 0.3) is 0 Å². The number of nitrogen functional groups attached to an aromatic ring is 1. The molecule has 0 radical (unpaired) electrons. The van der Waals surface area contributed by atoms with E-state index in [9.17, 15) is 4.39 Å². The molecule has 0 saturated carbocycles. The van der Waals surface area contributed by atoms with E-state index < -0.39 is 0 Å². The second-order valence-electron chi connectivity index (χ2n) is 3.37. The van der Waals surface area contributed by atoms with Crippen molar-refractivity contribution in [2.24, 2.45) is 0 Å². The van der Waals surface area contributed by atoms with Crippen LogP contribution in [0.4, 0.5) is 10.1 Å². The highest BCUT2D eigenvalue weighted by molar-refractivity contribution is 5.52. The maximum Gasteiger partial charge on any atom is 0.125 e. The normalized spacial score (nSPS) is 10.2. The predicted octanol–water partition coefficient (Wildman–Crippen LogP) is 2.62. The van der Waals surface area contributed by atoms with Crippen LogP contribution in [0, 0.1) is 13.8 Å². The smallest absolute Gasteiger partial charge is 0.125 e. The molecule has 1 aromatic rings. The molecule has 0 fully saturated rings. The molecule has 78 valence electrons. The van der Waals surface area contributed by atoms with Crippen molar-refractivity contribution in [3.05, 3.63) is 23.3 Å². The van der Waals surface area contributed by atoms with Crippen molar-refractivity contribution in [1.29, 1.82) is 0 Å². The Morgan fingerprint density at radius 2 is 1.86 bits per heavy atom. The van der Waals surface area contributed by atoms with Gasteiger partial charge < -0.3 is 10.5 Å². The minimum atomic E-state index is -0.340. The van der Waals surface area contributed by atoms with Crippen LogP contribution < -0.4 is 10.5 Å². The monoisotopic (exact) mass is 197 g/mol. The van der Waals surface area contributed by atoms with Gasteiger partial charge in [0.25, 0.3) is 0 Å². The Morgan fingerprint density at radius 1 is 1.29 bits per heavy atom. The first-order valence-corrected chi connectivity index (χ1v) is 4.70. The number of rotatable bonds is 4. The highest BCUT2D eigenvalue weighted by Gasteiger charge is 2.04. The minimum absolute atomic E-state index is 0.340. The number of aryl methyl sites for hydroxylation is 2. The maximum atomic E-state index is 11.9. The number of ether oxygens (including phenoxy) is 1. The Bertz CT molecular complexity index is 289. The molecule has 0 atom stereocenters. The third-order valence-electron chi connectivity index (χ3n) is 2.01. The summed E-state index contributed by atoms with van der Waals surface area (Å²) >= 11 is 0. The quantitative estimate of drug-likeness (QED) is 0.595. The van der Waals surface area contributed by atoms with Gasteiger partial charge in [-0.1, -0.05) is 0 Å². The zero-order valence-corrected chi connectivity index (χ0v) is 8.64. The number of benzene rings is 1. The topological polar surface area (TPSA) is 35.2 Å². The van der Waals surface area contributed by atoms with Crippen LogP contribution in [0.3, 0.4) is 0 Å². The Labute approximate surface area is 83.9 Å². The molecule has 0 spiro atoms. The number of alkyl halides is 1. The molecule has 0 aliphatic carbocycles. The van der Waals surface area contributed by atoms with Gasteiger partial charge in [0.2, 0.25) is 0 Å². The van der Waals surface area contributed by atoms with Gasteiger partial charge in [-0.15, -0.1) is 0 Å². The molecule has 0 aromatic heterocycles. The molecular weight excluding hydrogens is 181 g/mol. The van der Waals surface area contributed by atoms with Crippen LogP contribution in [-0.4, -0.2) is 13.3 Å². The molecule has 0 bridgehead atoms. The third-order valence-corrected chi connectivity index (χ3v) is 2.01. The van der Waals surface area contributed by atoms with E-state index in [4.69, 9.17) is 10.5 Å². The lowest BCUT2D eigenvalue weighted by molar-refractivity contribution is 0.286. The van der Waals surface area contributed by atoms with Crippen molar-refractivity contribution in [3.63, 3.8) is 0 Å². The summed E-state index contributed by atoms with van der Waals surface area (Å²) in [6.07, 6.45) is 0.434. The summed E-state index contributed by atoms with van der Waals surface area (Å²) in [5.74, 6) is 0.827. The van der Waals surface area contributed by atoms with Crippen molar-refractivity contribution in [1.82, 2.24) is 0 Å². The molecule has 1 rings (SSSR count). The lowest BCUT2D eigenvalue weighted by Gasteiger charge is -2.12. The van der Waals surface area contributed by atoms with Gasteiger partial charge in [0, 0.05) is 12.1 Å². The van der Waals surface area contributed by atoms with E-state index in [0.29, 0.717) is 13.0 Å². The van der Waals surface area contributed by atoms with Gasteiger partial charge in [0.1, 0.15) is 5.75 Å². The van der Waals surface area contributed by atoms with E-state index in [1.165, 1.54) is 0 Å². The molecular formula is C11H16FNO. The molecule has 0 unspecified atom stereocenters. The van der Waals surface area contributed by atoms with Gasteiger partial charge in [0.05, 0.1) is 13.3 Å². The lowest BCUT2D eigenvalue weighted by Crippen LogP contribution is -2.02. The maximum absolute atomic E-state index is 11.9. The van der Waals surface area contributed by atoms with Crippen molar-refractivity contribution < 1.29 is 9.13 Å².